The first kappa shape index (κ1) is 22.3. The van der Waals surface area contributed by atoms with Crippen molar-refractivity contribution in [3.05, 3.63) is 25.3 Å². The van der Waals surface area contributed by atoms with E-state index in [0.29, 0.717) is 39.6 Å². The van der Waals surface area contributed by atoms with Gasteiger partial charge in [0.25, 0.3) is 0 Å². The largest absolute Gasteiger partial charge is 0.463 e. The van der Waals surface area contributed by atoms with E-state index in [1.807, 2.05) is 0 Å². The molecule has 0 radical (unpaired) electrons. The van der Waals surface area contributed by atoms with Gasteiger partial charge in [-0.1, -0.05) is 13.2 Å². The fourth-order valence-corrected chi connectivity index (χ4v) is 1.69. The molecule has 0 aliphatic rings. The summed E-state index contributed by atoms with van der Waals surface area (Å²) in [7, 11) is 0. The van der Waals surface area contributed by atoms with E-state index in [-0.39, 0.29) is 11.9 Å². The first-order chi connectivity index (χ1) is 11.7. The fraction of sp³-hybridized carbons (Fsp3) is 0.667. The minimum atomic E-state index is -0.381. The topological polar surface area (TPSA) is 71.1 Å². The van der Waals surface area contributed by atoms with Crippen molar-refractivity contribution in [2.24, 2.45) is 0 Å². The van der Waals surface area contributed by atoms with E-state index in [2.05, 4.69) is 13.2 Å². The van der Waals surface area contributed by atoms with Crippen LogP contribution < -0.4 is 0 Å². The van der Waals surface area contributed by atoms with Gasteiger partial charge in [-0.05, 0) is 38.5 Å². The lowest BCUT2D eigenvalue weighted by molar-refractivity contribution is -0.138. The summed E-state index contributed by atoms with van der Waals surface area (Å²) in [5.41, 5.74) is 0. The Morgan fingerprint density at radius 2 is 0.875 bits per heavy atom. The molecule has 0 heterocycles. The Hall–Kier alpha value is -1.66. The molecular weight excluding hydrogens is 312 g/mol. The molecule has 0 aromatic heterocycles. The molecule has 138 valence electrons. The number of carbonyl (C=O) groups excluding carboxylic acids is 2. The van der Waals surface area contributed by atoms with E-state index in [1.54, 1.807) is 0 Å². The third kappa shape index (κ3) is 16.7. The highest BCUT2D eigenvalue weighted by atomic mass is 16.5. The molecule has 0 atom stereocenters. The molecule has 6 nitrogen and oxygen atoms in total. The Balaban J connectivity index is 3.07. The van der Waals surface area contributed by atoms with E-state index in [1.165, 1.54) is 0 Å². The van der Waals surface area contributed by atoms with Gasteiger partial charge in [-0.3, -0.25) is 0 Å². The second-order valence-corrected chi connectivity index (χ2v) is 5.09. The maximum Gasteiger partial charge on any atom is 0.330 e. The Morgan fingerprint density at radius 1 is 0.583 bits per heavy atom. The smallest absolute Gasteiger partial charge is 0.330 e. The number of hydrogen-bond acceptors (Lipinski definition) is 6. The van der Waals surface area contributed by atoms with Crippen LogP contribution in [-0.2, 0) is 28.5 Å². The lowest BCUT2D eigenvalue weighted by Crippen LogP contribution is -2.05. The molecule has 6 heteroatoms. The van der Waals surface area contributed by atoms with Crippen molar-refractivity contribution < 1.29 is 28.5 Å². The van der Waals surface area contributed by atoms with Crippen molar-refractivity contribution in [3.63, 3.8) is 0 Å². The van der Waals surface area contributed by atoms with Crippen LogP contribution in [0, 0.1) is 0 Å². The SMILES string of the molecule is C=CC(=O)OCCCCOCCCCOCCCCOC(=O)C=C. The predicted octanol–water partition coefficient (Wildman–Crippen LogP) is 2.82. The average molecular weight is 342 g/mol. The van der Waals surface area contributed by atoms with Gasteiger partial charge in [0.15, 0.2) is 0 Å². The van der Waals surface area contributed by atoms with Gasteiger partial charge in [-0.15, -0.1) is 0 Å². The second-order valence-electron chi connectivity index (χ2n) is 5.09. The Labute approximate surface area is 144 Å². The van der Waals surface area contributed by atoms with Gasteiger partial charge in [0.05, 0.1) is 13.2 Å². The van der Waals surface area contributed by atoms with Crippen LogP contribution >= 0.6 is 0 Å². The Kier molecular flexibility index (Phi) is 16.5. The van der Waals surface area contributed by atoms with Crippen LogP contribution in [0.3, 0.4) is 0 Å². The van der Waals surface area contributed by atoms with Crippen LogP contribution in [0.5, 0.6) is 0 Å². The molecule has 0 aliphatic carbocycles. The van der Waals surface area contributed by atoms with E-state index < -0.39 is 0 Å². The first-order valence-corrected chi connectivity index (χ1v) is 8.44. The summed E-state index contributed by atoms with van der Waals surface area (Å²) in [5, 5.41) is 0. The standard InChI is InChI=1S/C18H30O6/c1-3-17(19)23-15-9-7-13-21-11-5-6-12-22-14-8-10-16-24-18(20)4-2/h3-4H,1-2,5-16H2. The van der Waals surface area contributed by atoms with E-state index in [4.69, 9.17) is 18.9 Å². The second kappa shape index (κ2) is 17.7. The molecule has 0 aliphatic heterocycles. The molecule has 24 heavy (non-hydrogen) atoms. The van der Waals surface area contributed by atoms with Gasteiger partial charge in [0, 0.05) is 38.6 Å². The van der Waals surface area contributed by atoms with Gasteiger partial charge < -0.3 is 18.9 Å². The third-order valence-corrected chi connectivity index (χ3v) is 3.02. The first-order valence-electron chi connectivity index (χ1n) is 8.44. The van der Waals surface area contributed by atoms with Crippen molar-refractivity contribution in [1.29, 1.82) is 0 Å². The Morgan fingerprint density at radius 3 is 1.17 bits per heavy atom. The van der Waals surface area contributed by atoms with Crippen LogP contribution in [0.1, 0.15) is 38.5 Å². The highest BCUT2D eigenvalue weighted by Gasteiger charge is 1.97. The van der Waals surface area contributed by atoms with E-state index in [9.17, 15) is 9.59 Å². The van der Waals surface area contributed by atoms with Crippen LogP contribution in [-0.4, -0.2) is 51.6 Å². The summed E-state index contributed by atoms with van der Waals surface area (Å²) >= 11 is 0. The highest BCUT2D eigenvalue weighted by Crippen LogP contribution is 1.97. The number of rotatable bonds is 17. The maximum atomic E-state index is 10.8. The van der Waals surface area contributed by atoms with Crippen molar-refractivity contribution in [2.75, 3.05) is 39.6 Å². The van der Waals surface area contributed by atoms with Crippen molar-refractivity contribution in [3.8, 4) is 0 Å². The molecule has 0 N–H and O–H groups in total. The third-order valence-electron chi connectivity index (χ3n) is 3.02. The zero-order valence-electron chi connectivity index (χ0n) is 14.5. The number of unbranched alkanes of at least 4 members (excludes halogenated alkanes) is 3. The molecule has 0 aromatic carbocycles. The number of ether oxygens (including phenoxy) is 4. The van der Waals surface area contributed by atoms with Gasteiger partial charge in [0.2, 0.25) is 0 Å². The lowest BCUT2D eigenvalue weighted by Gasteiger charge is -2.06. The summed E-state index contributed by atoms with van der Waals surface area (Å²) in [6.07, 6.45) is 7.58. The van der Waals surface area contributed by atoms with E-state index >= 15 is 0 Å². The van der Waals surface area contributed by atoms with Crippen LogP contribution in [0.25, 0.3) is 0 Å². The minimum absolute atomic E-state index is 0.381. The summed E-state index contributed by atoms with van der Waals surface area (Å²) in [4.78, 5) is 21.6. The van der Waals surface area contributed by atoms with Gasteiger partial charge in [0.1, 0.15) is 0 Å². The Bertz CT molecular complexity index is 319. The lowest BCUT2D eigenvalue weighted by atomic mass is 10.3. The summed E-state index contributed by atoms with van der Waals surface area (Å²) in [5.74, 6) is -0.762. The average Bonchev–Trinajstić information content (AvgIpc) is 2.60. The predicted molar refractivity (Wildman–Crippen MR) is 91.7 cm³/mol. The quantitative estimate of drug-likeness (QED) is 0.230. The fourth-order valence-electron chi connectivity index (χ4n) is 1.69. The molecule has 0 fully saturated rings. The molecule has 0 saturated heterocycles. The van der Waals surface area contributed by atoms with Gasteiger partial charge >= 0.3 is 11.9 Å². The molecule has 0 saturated carbocycles. The van der Waals surface area contributed by atoms with Crippen LogP contribution in [0.2, 0.25) is 0 Å². The van der Waals surface area contributed by atoms with Gasteiger partial charge in [-0.25, -0.2) is 9.59 Å². The molecule has 0 rings (SSSR count). The summed E-state index contributed by atoms with van der Waals surface area (Å²) in [6.45, 7) is 10.3. The zero-order chi connectivity index (χ0) is 17.9. The molecular formula is C18H30O6. The van der Waals surface area contributed by atoms with E-state index in [0.717, 1.165) is 50.7 Å². The van der Waals surface area contributed by atoms with Crippen molar-refractivity contribution in [2.45, 2.75) is 38.5 Å². The molecule has 0 bridgehead atoms. The minimum Gasteiger partial charge on any atom is -0.463 e. The van der Waals surface area contributed by atoms with Crippen molar-refractivity contribution >= 4 is 11.9 Å². The molecule has 0 unspecified atom stereocenters. The van der Waals surface area contributed by atoms with Crippen LogP contribution in [0.15, 0.2) is 25.3 Å². The highest BCUT2D eigenvalue weighted by molar-refractivity contribution is 5.81. The monoisotopic (exact) mass is 342 g/mol. The van der Waals surface area contributed by atoms with Crippen LogP contribution in [0.4, 0.5) is 0 Å². The number of esters is 2. The maximum absolute atomic E-state index is 10.8. The normalized spacial score (nSPS) is 10.2. The molecule has 0 amide bonds. The van der Waals surface area contributed by atoms with Gasteiger partial charge in [-0.2, -0.15) is 0 Å². The molecule has 0 aromatic rings. The molecule has 0 spiro atoms. The van der Waals surface area contributed by atoms with Crippen molar-refractivity contribution in [1.82, 2.24) is 0 Å². The number of hydrogen-bond donors (Lipinski definition) is 0. The summed E-state index contributed by atoms with van der Waals surface area (Å²) in [6, 6.07) is 0. The zero-order valence-corrected chi connectivity index (χ0v) is 14.5. The number of carbonyl (C=O) groups is 2. The summed E-state index contributed by atoms with van der Waals surface area (Å²) < 4.78 is 20.7.